The van der Waals surface area contributed by atoms with Crippen molar-refractivity contribution in [3.05, 3.63) is 64.6 Å². The number of halogens is 2. The molecule has 9 nitrogen and oxygen atoms in total. The van der Waals surface area contributed by atoms with E-state index in [0.717, 1.165) is 55.8 Å². The number of nitrogens with zero attached hydrogens (tertiary/aromatic N) is 2. The first-order valence-electron chi connectivity index (χ1n) is 17.2. The van der Waals surface area contributed by atoms with Gasteiger partial charge in [0.25, 0.3) is 11.8 Å². The number of rotatable bonds is 11. The van der Waals surface area contributed by atoms with Crippen LogP contribution in [0.5, 0.6) is 0 Å². The number of aromatic nitrogens is 1. The van der Waals surface area contributed by atoms with Crippen molar-refractivity contribution >= 4 is 45.9 Å². The summed E-state index contributed by atoms with van der Waals surface area (Å²) in [5.74, 6) is -3.55. The van der Waals surface area contributed by atoms with Crippen LogP contribution in [0.15, 0.2) is 42.6 Å². The summed E-state index contributed by atoms with van der Waals surface area (Å²) in [7, 11) is 3.26. The van der Waals surface area contributed by atoms with Gasteiger partial charge in [0.15, 0.2) is 0 Å². The number of carbonyl (C=O) groups excluding carboxylic acids is 3. The average molecular weight is 682 g/mol. The molecule has 0 radical (unpaired) electrons. The zero-order chi connectivity index (χ0) is 33.8. The number of hydrogen-bond donors (Lipinski definition) is 1. The van der Waals surface area contributed by atoms with Crippen LogP contribution in [0.2, 0.25) is 5.02 Å². The van der Waals surface area contributed by atoms with Gasteiger partial charge in [-0.25, -0.2) is 9.29 Å². The molecule has 3 aromatic rings. The van der Waals surface area contributed by atoms with Gasteiger partial charge in [0.05, 0.1) is 41.5 Å². The maximum atomic E-state index is 15.8. The highest BCUT2D eigenvalue weighted by Crippen LogP contribution is 2.38. The summed E-state index contributed by atoms with van der Waals surface area (Å²) in [6, 6.07) is 10.1. The smallest absolute Gasteiger partial charge is 0.308 e. The number of para-hydroxylation sites is 1. The first-order chi connectivity index (χ1) is 23.2. The fourth-order valence-corrected chi connectivity index (χ4v) is 7.76. The lowest BCUT2D eigenvalue weighted by Gasteiger charge is -2.45. The molecule has 1 unspecified atom stereocenters. The van der Waals surface area contributed by atoms with E-state index in [0.29, 0.717) is 44.3 Å². The molecule has 0 bridgehead atoms. The SMILES string of the molecule is COC(=O)[C@H]1CC[C@H](OC(OC2CCCCC2)(C(=O)Cc2cc(Cl)c(NC(=O)c3cn(C)c4ccccc34)cc2F)N2CCCC2)CC1. The van der Waals surface area contributed by atoms with Gasteiger partial charge in [0, 0.05) is 43.7 Å². The lowest BCUT2D eigenvalue weighted by atomic mass is 9.87. The third-order valence-electron chi connectivity index (χ3n) is 10.2. The number of likely N-dealkylation sites (tertiary alicyclic amines) is 1. The molecule has 2 heterocycles. The topological polar surface area (TPSA) is 99.1 Å². The Kier molecular flexibility index (Phi) is 10.8. The molecule has 2 aromatic carbocycles. The number of Topliss-reactive ketones (excluding diaryl/α,β-unsaturated/α-hetero) is 1. The van der Waals surface area contributed by atoms with Gasteiger partial charge in [0.1, 0.15) is 5.82 Å². The van der Waals surface area contributed by atoms with Crippen LogP contribution >= 0.6 is 11.6 Å². The van der Waals surface area contributed by atoms with E-state index in [1.54, 1.807) is 6.20 Å². The molecule has 1 atom stereocenters. The summed E-state index contributed by atoms with van der Waals surface area (Å²) >= 11 is 6.63. The van der Waals surface area contributed by atoms with Crippen LogP contribution in [0, 0.1) is 11.7 Å². The second kappa shape index (κ2) is 15.1. The van der Waals surface area contributed by atoms with E-state index >= 15 is 4.39 Å². The normalized spacial score (nSPS) is 22.0. The van der Waals surface area contributed by atoms with E-state index in [2.05, 4.69) is 5.32 Å². The molecule has 1 aliphatic heterocycles. The molecule has 48 heavy (non-hydrogen) atoms. The summed E-state index contributed by atoms with van der Waals surface area (Å²) < 4.78 is 36.2. The van der Waals surface area contributed by atoms with Crippen molar-refractivity contribution in [2.45, 2.75) is 95.2 Å². The molecule has 3 aliphatic rings. The molecule has 11 heteroatoms. The molecule has 3 fully saturated rings. The van der Waals surface area contributed by atoms with Gasteiger partial charge < -0.3 is 24.1 Å². The van der Waals surface area contributed by atoms with E-state index in [1.165, 1.54) is 19.2 Å². The molecule has 2 aliphatic carbocycles. The molecular formula is C37H45ClFN3O6. The standard InChI is InChI=1S/C37H45ClFN3O6/c1-41-23-29(28-12-6-7-13-33(28)41)35(44)40-32-22-31(39)25(20-30(32)38)21-34(43)37(42-18-8-9-19-42,47-26-10-4-3-5-11-26)48-27-16-14-24(15-17-27)36(45)46-2/h6-7,12-13,20,22-24,26-27H,3-5,8-11,14-19,21H2,1-2H3,(H,40,44)/t24-,27-,37?. The van der Waals surface area contributed by atoms with Crippen LogP contribution < -0.4 is 5.32 Å². The molecule has 258 valence electrons. The van der Waals surface area contributed by atoms with E-state index in [1.807, 2.05) is 40.8 Å². The zero-order valence-electron chi connectivity index (χ0n) is 27.8. The second-order valence-corrected chi connectivity index (χ2v) is 13.8. The fourth-order valence-electron chi connectivity index (χ4n) is 7.53. The number of carbonyl (C=O) groups is 3. The molecule has 1 N–H and O–H groups in total. The van der Waals surface area contributed by atoms with Gasteiger partial charge in [-0.15, -0.1) is 0 Å². The molecule has 6 rings (SSSR count). The highest BCUT2D eigenvalue weighted by atomic mass is 35.5. The van der Waals surface area contributed by atoms with Crippen molar-refractivity contribution in [1.29, 1.82) is 0 Å². The van der Waals surface area contributed by atoms with Crippen molar-refractivity contribution in [2.24, 2.45) is 13.0 Å². The van der Waals surface area contributed by atoms with Gasteiger partial charge in [0.2, 0.25) is 5.78 Å². The number of anilines is 1. The summed E-state index contributed by atoms with van der Waals surface area (Å²) in [6.07, 6.45) is 9.91. The Bertz CT molecular complexity index is 1640. The predicted molar refractivity (Wildman–Crippen MR) is 181 cm³/mol. The number of esters is 1. The Morgan fingerprint density at radius 3 is 2.29 bits per heavy atom. The zero-order valence-corrected chi connectivity index (χ0v) is 28.5. The summed E-state index contributed by atoms with van der Waals surface area (Å²) in [5.41, 5.74) is 1.55. The minimum absolute atomic E-state index is 0.0991. The van der Waals surface area contributed by atoms with E-state index in [4.69, 9.17) is 25.8 Å². The number of benzene rings is 2. The van der Waals surface area contributed by atoms with Crippen LogP contribution in [-0.4, -0.2) is 65.4 Å². The summed E-state index contributed by atoms with van der Waals surface area (Å²) in [5, 5.41) is 3.64. The Labute approximate surface area is 286 Å². The molecule has 0 spiro atoms. The maximum absolute atomic E-state index is 15.8. The van der Waals surface area contributed by atoms with Crippen molar-refractivity contribution in [2.75, 3.05) is 25.5 Å². The van der Waals surface area contributed by atoms with Crippen LogP contribution in [0.25, 0.3) is 10.9 Å². The predicted octanol–water partition coefficient (Wildman–Crippen LogP) is 7.18. The largest absolute Gasteiger partial charge is 0.469 e. The number of aryl methyl sites for hydroxylation is 1. The number of hydrogen-bond acceptors (Lipinski definition) is 7. The number of amides is 1. The fraction of sp³-hybridized carbons (Fsp3) is 0.541. The van der Waals surface area contributed by atoms with Crippen LogP contribution in [-0.2, 0) is 37.3 Å². The van der Waals surface area contributed by atoms with Crippen LogP contribution in [0.1, 0.15) is 86.6 Å². The lowest BCUT2D eigenvalue weighted by molar-refractivity contribution is -0.328. The lowest BCUT2D eigenvalue weighted by Crippen LogP contribution is -2.61. The average Bonchev–Trinajstić information content (AvgIpc) is 3.76. The highest BCUT2D eigenvalue weighted by Gasteiger charge is 2.51. The number of nitrogens with one attached hydrogen (secondary N) is 1. The summed E-state index contributed by atoms with van der Waals surface area (Å²) in [6.45, 7) is 1.25. The first kappa shape index (κ1) is 34.5. The van der Waals surface area contributed by atoms with E-state index < -0.39 is 17.6 Å². The number of ether oxygens (including phenoxy) is 3. The van der Waals surface area contributed by atoms with Gasteiger partial charge in [-0.05, 0) is 75.1 Å². The number of methoxy groups -OCH3 is 1. The number of ketones is 1. The van der Waals surface area contributed by atoms with Gasteiger partial charge in [-0.3, -0.25) is 14.4 Å². The molecule has 2 saturated carbocycles. The third kappa shape index (κ3) is 7.32. The quantitative estimate of drug-likeness (QED) is 0.169. The molecule has 1 amide bonds. The minimum atomic E-state index is -1.68. The van der Waals surface area contributed by atoms with Crippen molar-refractivity contribution < 1.29 is 33.0 Å². The van der Waals surface area contributed by atoms with Gasteiger partial charge in [-0.1, -0.05) is 49.1 Å². The first-order valence-corrected chi connectivity index (χ1v) is 17.6. The van der Waals surface area contributed by atoms with Gasteiger partial charge in [-0.2, -0.15) is 0 Å². The Balaban J connectivity index is 1.25. The Morgan fingerprint density at radius 2 is 1.60 bits per heavy atom. The molecular weight excluding hydrogens is 637 g/mol. The number of fused-ring (bicyclic) bond motifs is 1. The Hall–Kier alpha value is -3.31. The van der Waals surface area contributed by atoms with E-state index in [9.17, 15) is 14.4 Å². The van der Waals surface area contributed by atoms with Crippen molar-refractivity contribution in [3.63, 3.8) is 0 Å². The monoisotopic (exact) mass is 681 g/mol. The maximum Gasteiger partial charge on any atom is 0.308 e. The third-order valence-corrected chi connectivity index (χ3v) is 10.5. The summed E-state index contributed by atoms with van der Waals surface area (Å²) in [4.78, 5) is 42.0. The molecule has 1 aromatic heterocycles. The highest BCUT2D eigenvalue weighted by molar-refractivity contribution is 6.34. The van der Waals surface area contributed by atoms with Crippen molar-refractivity contribution in [1.82, 2.24) is 9.47 Å². The molecule has 1 saturated heterocycles. The second-order valence-electron chi connectivity index (χ2n) is 13.4. The van der Waals surface area contributed by atoms with Crippen molar-refractivity contribution in [3.8, 4) is 0 Å². The Morgan fingerprint density at radius 1 is 0.938 bits per heavy atom. The minimum Gasteiger partial charge on any atom is -0.469 e. The van der Waals surface area contributed by atoms with Crippen LogP contribution in [0.4, 0.5) is 10.1 Å². The van der Waals surface area contributed by atoms with Gasteiger partial charge >= 0.3 is 5.97 Å². The van der Waals surface area contributed by atoms with E-state index in [-0.39, 0.29) is 52.6 Å². The van der Waals surface area contributed by atoms with Crippen LogP contribution in [0.3, 0.4) is 0 Å².